The van der Waals surface area contributed by atoms with Gasteiger partial charge in [0.15, 0.2) is 0 Å². The van der Waals surface area contributed by atoms with Gasteiger partial charge < -0.3 is 15.0 Å². The van der Waals surface area contributed by atoms with Crippen LogP contribution in [0, 0.1) is 0 Å². The van der Waals surface area contributed by atoms with Crippen molar-refractivity contribution in [2.45, 2.75) is 37.6 Å². The van der Waals surface area contributed by atoms with Gasteiger partial charge in [-0.25, -0.2) is 9.78 Å². The van der Waals surface area contributed by atoms with Crippen molar-refractivity contribution in [1.29, 1.82) is 0 Å². The van der Waals surface area contributed by atoms with Gasteiger partial charge in [0, 0.05) is 19.0 Å². The maximum atomic E-state index is 13.5. The average molecular weight is 493 g/mol. The quantitative estimate of drug-likeness (QED) is 0.528. The van der Waals surface area contributed by atoms with E-state index in [9.17, 15) is 14.4 Å². The third-order valence-corrected chi connectivity index (χ3v) is 8.21. The number of carbonyl (C=O) groups excluding carboxylic acids is 3. The molecule has 2 aliphatic heterocycles. The van der Waals surface area contributed by atoms with Crippen molar-refractivity contribution < 1.29 is 19.1 Å². The molecule has 2 atom stereocenters. The lowest BCUT2D eigenvalue weighted by Crippen LogP contribution is -2.47. The van der Waals surface area contributed by atoms with E-state index in [1.165, 1.54) is 0 Å². The predicted octanol–water partition coefficient (Wildman–Crippen LogP) is 3.87. The maximum Gasteiger partial charge on any atom is 0.325 e. The van der Waals surface area contributed by atoms with E-state index < -0.39 is 17.5 Å². The zero-order chi connectivity index (χ0) is 24.6. The minimum absolute atomic E-state index is 0.155. The Labute approximate surface area is 207 Å². The lowest BCUT2D eigenvalue weighted by atomic mass is 9.87. The minimum atomic E-state index is -1.19. The van der Waals surface area contributed by atoms with E-state index in [2.05, 4.69) is 11.4 Å². The molecule has 2 aromatic carbocycles. The number of imide groups is 1. The lowest BCUT2D eigenvalue weighted by molar-refractivity contribution is -0.140. The summed E-state index contributed by atoms with van der Waals surface area (Å²) in [6, 6.07) is 14.6. The number of piperidine rings is 1. The first-order valence-corrected chi connectivity index (χ1v) is 12.7. The molecule has 35 heavy (non-hydrogen) atoms. The predicted molar refractivity (Wildman–Crippen MR) is 133 cm³/mol. The van der Waals surface area contributed by atoms with Crippen molar-refractivity contribution in [3.8, 4) is 5.75 Å². The number of thiazole rings is 1. The number of likely N-dealkylation sites (tertiary alicyclic amines) is 1. The Morgan fingerprint density at radius 3 is 2.69 bits per heavy atom. The molecule has 0 bridgehead atoms. The molecule has 0 spiro atoms. The molecule has 8 nitrogen and oxygen atoms in total. The number of hydrogen-bond donors (Lipinski definition) is 1. The summed E-state index contributed by atoms with van der Waals surface area (Å²) in [6.07, 6.45) is 2.19. The zero-order valence-corrected chi connectivity index (χ0v) is 20.6. The number of methoxy groups -OCH3 is 1. The average Bonchev–Trinajstić information content (AvgIpc) is 3.44. The molecule has 1 N–H and O–H groups in total. The summed E-state index contributed by atoms with van der Waals surface area (Å²) < 4.78 is 6.35. The summed E-state index contributed by atoms with van der Waals surface area (Å²) in [4.78, 5) is 47.1. The Morgan fingerprint density at radius 1 is 1.20 bits per heavy atom. The second-order valence-electron chi connectivity index (χ2n) is 9.01. The van der Waals surface area contributed by atoms with E-state index in [1.54, 1.807) is 47.6 Å². The smallest absolute Gasteiger partial charge is 0.325 e. The van der Waals surface area contributed by atoms with Crippen LogP contribution in [0.1, 0.15) is 42.7 Å². The second kappa shape index (κ2) is 9.30. The summed E-state index contributed by atoms with van der Waals surface area (Å²) in [5, 5.41) is 3.88. The molecule has 2 aliphatic rings. The minimum Gasteiger partial charge on any atom is -0.497 e. The fourth-order valence-corrected chi connectivity index (χ4v) is 6.08. The second-order valence-corrected chi connectivity index (χ2v) is 10.1. The molecule has 0 radical (unpaired) electrons. The summed E-state index contributed by atoms with van der Waals surface area (Å²) in [5.74, 6) is 0.197. The fourth-order valence-electron chi connectivity index (χ4n) is 4.99. The van der Waals surface area contributed by atoms with Gasteiger partial charge in [0.05, 0.1) is 22.3 Å². The highest BCUT2D eigenvalue weighted by molar-refractivity contribution is 7.18. The fraction of sp³-hybridized carbons (Fsp3) is 0.385. The molecule has 182 valence electrons. The number of nitrogens with one attached hydrogen (secondary N) is 1. The van der Waals surface area contributed by atoms with Crippen LogP contribution in [0.5, 0.6) is 5.75 Å². The highest BCUT2D eigenvalue weighted by Gasteiger charge is 2.52. The standard InChI is InChI=1S/C26H28N4O4S/c1-3-26(18-10-12-19(34-2)13-11-18)24(32)30(25(33)28-26)16-22(31)29-14-6-7-17(15-29)23-27-20-8-4-5-9-21(20)35-23/h4-5,8-13,17H,3,6-7,14-16H2,1-2H3,(H,28,33)/t17-,26-/m1/s1. The number of amides is 4. The Balaban J connectivity index is 1.30. The van der Waals surface area contributed by atoms with Crippen LogP contribution in [0.25, 0.3) is 10.2 Å². The van der Waals surface area contributed by atoms with Crippen LogP contribution < -0.4 is 10.1 Å². The summed E-state index contributed by atoms with van der Waals surface area (Å²) >= 11 is 1.67. The molecule has 5 rings (SSSR count). The van der Waals surface area contributed by atoms with Gasteiger partial charge in [-0.15, -0.1) is 11.3 Å². The largest absolute Gasteiger partial charge is 0.497 e. The van der Waals surface area contributed by atoms with Gasteiger partial charge in [-0.2, -0.15) is 0 Å². The van der Waals surface area contributed by atoms with Gasteiger partial charge in [0.1, 0.15) is 17.8 Å². The van der Waals surface area contributed by atoms with Crippen molar-refractivity contribution >= 4 is 39.4 Å². The number of hydrogen-bond acceptors (Lipinski definition) is 6. The Morgan fingerprint density at radius 2 is 1.97 bits per heavy atom. The zero-order valence-electron chi connectivity index (χ0n) is 19.8. The number of ether oxygens (including phenoxy) is 1. The van der Waals surface area contributed by atoms with E-state index in [1.807, 2.05) is 25.1 Å². The van der Waals surface area contributed by atoms with E-state index >= 15 is 0 Å². The van der Waals surface area contributed by atoms with Crippen molar-refractivity contribution in [1.82, 2.24) is 20.1 Å². The van der Waals surface area contributed by atoms with Crippen LogP contribution in [0.3, 0.4) is 0 Å². The number of benzene rings is 2. The molecule has 4 amide bonds. The van der Waals surface area contributed by atoms with E-state index in [4.69, 9.17) is 9.72 Å². The first-order chi connectivity index (χ1) is 16.9. The number of aromatic nitrogens is 1. The lowest BCUT2D eigenvalue weighted by Gasteiger charge is -2.32. The van der Waals surface area contributed by atoms with E-state index in [0.29, 0.717) is 30.8 Å². The van der Waals surface area contributed by atoms with Crippen molar-refractivity contribution in [3.05, 3.63) is 59.1 Å². The third kappa shape index (κ3) is 4.14. The molecule has 0 unspecified atom stereocenters. The first-order valence-electron chi connectivity index (χ1n) is 11.9. The number of fused-ring (bicyclic) bond motifs is 1. The summed E-state index contributed by atoms with van der Waals surface area (Å²) in [5.41, 5.74) is 0.461. The van der Waals surface area contributed by atoms with E-state index in [-0.39, 0.29) is 18.4 Å². The maximum absolute atomic E-state index is 13.5. The first kappa shape index (κ1) is 23.3. The van der Waals surface area contributed by atoms with Crippen LogP contribution in [-0.4, -0.2) is 59.4 Å². The Bertz CT molecular complexity index is 1240. The van der Waals surface area contributed by atoms with E-state index in [0.717, 1.165) is 33.0 Å². The van der Waals surface area contributed by atoms with Crippen LogP contribution in [0.2, 0.25) is 0 Å². The molecule has 0 saturated carbocycles. The normalized spacial score (nSPS) is 22.5. The molecule has 1 aromatic heterocycles. The number of urea groups is 1. The molecule has 3 heterocycles. The van der Waals surface area contributed by atoms with Crippen LogP contribution >= 0.6 is 11.3 Å². The molecular formula is C26H28N4O4S. The van der Waals surface area contributed by atoms with Gasteiger partial charge in [0.2, 0.25) is 5.91 Å². The van der Waals surface area contributed by atoms with Crippen molar-refractivity contribution in [2.75, 3.05) is 26.7 Å². The molecule has 2 fully saturated rings. The van der Waals surface area contributed by atoms with Crippen LogP contribution in [-0.2, 0) is 15.1 Å². The Kier molecular flexibility index (Phi) is 6.19. The molecule has 3 aromatic rings. The highest BCUT2D eigenvalue weighted by Crippen LogP contribution is 2.35. The van der Waals surface area contributed by atoms with Gasteiger partial charge in [-0.3, -0.25) is 14.5 Å². The topological polar surface area (TPSA) is 91.8 Å². The number of carbonyl (C=O) groups is 3. The molecule has 2 saturated heterocycles. The van der Waals surface area contributed by atoms with Crippen molar-refractivity contribution in [2.24, 2.45) is 0 Å². The van der Waals surface area contributed by atoms with Gasteiger partial charge in [0.25, 0.3) is 5.91 Å². The molecule has 0 aliphatic carbocycles. The van der Waals surface area contributed by atoms with Gasteiger partial charge in [-0.1, -0.05) is 31.2 Å². The highest BCUT2D eigenvalue weighted by atomic mass is 32.1. The summed E-state index contributed by atoms with van der Waals surface area (Å²) in [7, 11) is 1.57. The molecular weight excluding hydrogens is 464 g/mol. The number of nitrogens with zero attached hydrogens (tertiary/aromatic N) is 3. The summed E-state index contributed by atoms with van der Waals surface area (Å²) in [6.45, 7) is 2.73. The van der Waals surface area contributed by atoms with Gasteiger partial charge in [-0.05, 0) is 49.1 Å². The SMILES string of the molecule is CC[C@]1(c2ccc(OC)cc2)NC(=O)N(CC(=O)N2CCC[C@@H](c3nc4ccccc4s3)C2)C1=O. The van der Waals surface area contributed by atoms with Crippen LogP contribution in [0.4, 0.5) is 4.79 Å². The molecule has 9 heteroatoms. The monoisotopic (exact) mass is 492 g/mol. The number of rotatable bonds is 6. The third-order valence-electron chi connectivity index (χ3n) is 7.02. The number of para-hydroxylation sites is 1. The Hall–Kier alpha value is -3.46. The van der Waals surface area contributed by atoms with Crippen LogP contribution in [0.15, 0.2) is 48.5 Å². The van der Waals surface area contributed by atoms with Crippen molar-refractivity contribution in [3.63, 3.8) is 0 Å². The van der Waals surface area contributed by atoms with Gasteiger partial charge >= 0.3 is 6.03 Å².